The van der Waals surface area contributed by atoms with E-state index in [1.165, 1.54) is 0 Å². The van der Waals surface area contributed by atoms with Crippen molar-refractivity contribution in [3.63, 3.8) is 0 Å². The molecule has 0 aliphatic carbocycles. The highest BCUT2D eigenvalue weighted by molar-refractivity contribution is 5.88. The molecule has 0 amide bonds. The van der Waals surface area contributed by atoms with Crippen molar-refractivity contribution in [2.75, 3.05) is 0 Å². The first-order valence-corrected chi connectivity index (χ1v) is 3.77. The molecule has 0 aliphatic heterocycles. The molecule has 0 rings (SSSR count). The Kier molecular flexibility index (Phi) is 5.17. The van der Waals surface area contributed by atoms with Gasteiger partial charge in [-0.3, -0.25) is 0 Å². The summed E-state index contributed by atoms with van der Waals surface area (Å²) in [6.45, 7) is 5.46. The van der Waals surface area contributed by atoms with Gasteiger partial charge in [0.1, 0.15) is 0 Å². The van der Waals surface area contributed by atoms with Gasteiger partial charge < -0.3 is 5.11 Å². The Labute approximate surface area is 67.2 Å². The van der Waals surface area contributed by atoms with Crippen LogP contribution < -0.4 is 0 Å². The topological polar surface area (TPSA) is 37.3 Å². The molecular formula is C9H14O2. The van der Waals surface area contributed by atoms with Gasteiger partial charge in [-0.2, -0.15) is 0 Å². The molecule has 2 nitrogen and oxygen atoms in total. The van der Waals surface area contributed by atoms with Crippen LogP contribution in [0.15, 0.2) is 24.3 Å². The smallest absolute Gasteiger partial charge is 0.335 e. The molecule has 0 heterocycles. The summed E-state index contributed by atoms with van der Waals surface area (Å²) in [4.78, 5) is 10.2. The zero-order chi connectivity index (χ0) is 8.69. The summed E-state index contributed by atoms with van der Waals surface area (Å²) in [5.41, 5.74) is 0.154. The minimum Gasteiger partial charge on any atom is -0.478 e. The van der Waals surface area contributed by atoms with Gasteiger partial charge in [-0.1, -0.05) is 38.5 Å². The second-order valence-electron chi connectivity index (χ2n) is 2.37. The molecule has 0 bridgehead atoms. The van der Waals surface area contributed by atoms with Crippen LogP contribution in [0.25, 0.3) is 0 Å². The van der Waals surface area contributed by atoms with E-state index in [4.69, 9.17) is 5.11 Å². The van der Waals surface area contributed by atoms with Gasteiger partial charge in [-0.05, 0) is 6.42 Å². The maximum atomic E-state index is 10.2. The maximum absolute atomic E-state index is 10.2. The van der Waals surface area contributed by atoms with Gasteiger partial charge in [-0.25, -0.2) is 4.79 Å². The third kappa shape index (κ3) is 5.40. The van der Waals surface area contributed by atoms with Crippen molar-refractivity contribution in [2.45, 2.75) is 26.2 Å². The molecule has 0 aliphatic rings. The predicted octanol–water partition coefficient (Wildman–Crippen LogP) is 2.37. The quantitative estimate of drug-likeness (QED) is 0.375. The number of carbonyl (C=O) groups is 1. The van der Waals surface area contributed by atoms with Crippen molar-refractivity contribution in [3.8, 4) is 0 Å². The minimum absolute atomic E-state index is 0.154. The molecule has 0 atom stereocenters. The number of carboxylic acids is 1. The Bertz CT molecular complexity index is 168. The van der Waals surface area contributed by atoms with Gasteiger partial charge in [0, 0.05) is 0 Å². The lowest BCUT2D eigenvalue weighted by atomic mass is 10.2. The van der Waals surface area contributed by atoms with E-state index in [-0.39, 0.29) is 5.57 Å². The van der Waals surface area contributed by atoms with Crippen molar-refractivity contribution in [1.82, 2.24) is 0 Å². The maximum Gasteiger partial charge on any atom is 0.335 e. The molecule has 11 heavy (non-hydrogen) atoms. The summed E-state index contributed by atoms with van der Waals surface area (Å²) in [6.07, 6.45) is 6.56. The average Bonchev–Trinajstić information content (AvgIpc) is 1.97. The number of hydrogen-bond acceptors (Lipinski definition) is 1. The number of unbranched alkanes of at least 4 members (excludes halogenated alkanes) is 2. The highest BCUT2D eigenvalue weighted by atomic mass is 16.4. The van der Waals surface area contributed by atoms with Crippen molar-refractivity contribution in [1.29, 1.82) is 0 Å². The number of carboxylic acid groups (broad SMARTS) is 1. The number of rotatable bonds is 5. The molecule has 0 saturated heterocycles. The van der Waals surface area contributed by atoms with Crippen molar-refractivity contribution < 1.29 is 9.90 Å². The number of hydrogen-bond donors (Lipinski definition) is 1. The minimum atomic E-state index is -0.947. The van der Waals surface area contributed by atoms with E-state index in [0.717, 1.165) is 19.3 Å². The second kappa shape index (κ2) is 5.71. The molecule has 0 fully saturated rings. The molecule has 0 spiro atoms. The van der Waals surface area contributed by atoms with Gasteiger partial charge in [0.25, 0.3) is 0 Å². The lowest BCUT2D eigenvalue weighted by Crippen LogP contribution is -1.94. The van der Waals surface area contributed by atoms with Crippen LogP contribution in [0.3, 0.4) is 0 Å². The van der Waals surface area contributed by atoms with Gasteiger partial charge >= 0.3 is 5.97 Å². The van der Waals surface area contributed by atoms with E-state index in [2.05, 4.69) is 13.5 Å². The highest BCUT2D eigenvalue weighted by Crippen LogP contribution is 1.98. The molecule has 1 N–H and O–H groups in total. The van der Waals surface area contributed by atoms with Crippen LogP contribution in [0.4, 0.5) is 0 Å². The largest absolute Gasteiger partial charge is 0.478 e. The summed E-state index contributed by atoms with van der Waals surface area (Å²) in [5, 5.41) is 8.39. The van der Waals surface area contributed by atoms with Gasteiger partial charge in [0.05, 0.1) is 5.57 Å². The lowest BCUT2D eigenvalue weighted by molar-refractivity contribution is -0.132. The number of aliphatic carboxylic acids is 1. The van der Waals surface area contributed by atoms with Gasteiger partial charge in [0.2, 0.25) is 0 Å². The third-order valence-corrected chi connectivity index (χ3v) is 1.32. The summed E-state index contributed by atoms with van der Waals surface area (Å²) in [5.74, 6) is -0.947. The number of allylic oxidation sites excluding steroid dienone is 1. The first-order valence-electron chi connectivity index (χ1n) is 3.77. The van der Waals surface area contributed by atoms with E-state index >= 15 is 0 Å². The molecule has 0 aromatic rings. The monoisotopic (exact) mass is 154 g/mol. The fraction of sp³-hybridized carbons (Fsp3) is 0.444. The van der Waals surface area contributed by atoms with Crippen LogP contribution in [0.2, 0.25) is 0 Å². The van der Waals surface area contributed by atoms with Crippen LogP contribution >= 0.6 is 0 Å². The zero-order valence-corrected chi connectivity index (χ0v) is 6.84. The van der Waals surface area contributed by atoms with E-state index in [1.807, 2.05) is 6.08 Å². The Balaban J connectivity index is 3.57. The SMILES string of the molecule is C=C(C=CCCCC)C(=O)O. The molecular weight excluding hydrogens is 140 g/mol. The van der Waals surface area contributed by atoms with E-state index in [1.54, 1.807) is 6.08 Å². The fourth-order valence-corrected chi connectivity index (χ4v) is 0.619. The average molecular weight is 154 g/mol. The van der Waals surface area contributed by atoms with E-state index in [9.17, 15) is 4.79 Å². The summed E-state index contributed by atoms with van der Waals surface area (Å²) in [7, 11) is 0. The first-order chi connectivity index (χ1) is 5.18. The van der Waals surface area contributed by atoms with Crippen LogP contribution in [-0.2, 0) is 4.79 Å². The molecule has 0 radical (unpaired) electrons. The normalized spacial score (nSPS) is 10.3. The lowest BCUT2D eigenvalue weighted by Gasteiger charge is -1.90. The first kappa shape index (κ1) is 9.95. The molecule has 0 aromatic carbocycles. The van der Waals surface area contributed by atoms with Crippen LogP contribution in [-0.4, -0.2) is 11.1 Å². The third-order valence-electron chi connectivity index (χ3n) is 1.32. The van der Waals surface area contributed by atoms with Crippen LogP contribution in [0.5, 0.6) is 0 Å². The van der Waals surface area contributed by atoms with E-state index in [0.29, 0.717) is 0 Å². The standard InChI is InChI=1S/C9H14O2/c1-3-4-5-6-7-8(2)9(10)11/h6-7H,2-5H2,1H3,(H,10,11). The molecule has 2 heteroatoms. The molecule has 0 aromatic heterocycles. The second-order valence-corrected chi connectivity index (χ2v) is 2.37. The fourth-order valence-electron chi connectivity index (χ4n) is 0.619. The van der Waals surface area contributed by atoms with Crippen LogP contribution in [0.1, 0.15) is 26.2 Å². The van der Waals surface area contributed by atoms with Crippen molar-refractivity contribution >= 4 is 5.97 Å². The summed E-state index contributed by atoms with van der Waals surface area (Å²) >= 11 is 0. The highest BCUT2D eigenvalue weighted by Gasteiger charge is 1.95. The van der Waals surface area contributed by atoms with Gasteiger partial charge in [0.15, 0.2) is 0 Å². The Morgan fingerprint density at radius 2 is 2.27 bits per heavy atom. The molecule has 62 valence electrons. The van der Waals surface area contributed by atoms with Gasteiger partial charge in [-0.15, -0.1) is 0 Å². The van der Waals surface area contributed by atoms with Crippen molar-refractivity contribution in [2.24, 2.45) is 0 Å². The Hall–Kier alpha value is -1.05. The summed E-state index contributed by atoms with van der Waals surface area (Å²) < 4.78 is 0. The zero-order valence-electron chi connectivity index (χ0n) is 6.84. The summed E-state index contributed by atoms with van der Waals surface area (Å²) in [6, 6.07) is 0. The van der Waals surface area contributed by atoms with Crippen molar-refractivity contribution in [3.05, 3.63) is 24.3 Å². The predicted molar refractivity (Wildman–Crippen MR) is 45.4 cm³/mol. The Morgan fingerprint density at radius 3 is 2.73 bits per heavy atom. The molecule has 0 saturated carbocycles. The van der Waals surface area contributed by atoms with E-state index < -0.39 is 5.97 Å². The molecule has 0 unspecified atom stereocenters. The van der Waals surface area contributed by atoms with Crippen LogP contribution in [0, 0.1) is 0 Å². The Morgan fingerprint density at radius 1 is 1.64 bits per heavy atom.